The fraction of sp³-hybridized carbons (Fsp3) is 0.545. The monoisotopic (exact) mass is 436 g/mol. The molecule has 1 amide bonds. The summed E-state index contributed by atoms with van der Waals surface area (Å²) in [5.41, 5.74) is 3.49. The Kier molecular flexibility index (Phi) is 6.34. The summed E-state index contributed by atoms with van der Waals surface area (Å²) < 4.78 is 45.6. The summed E-state index contributed by atoms with van der Waals surface area (Å²) in [6.45, 7) is 4.54. The molecule has 1 fully saturated rings. The number of rotatable bonds is 5. The average Bonchev–Trinajstić information content (AvgIpc) is 3.07. The molecule has 3 heterocycles. The van der Waals surface area contributed by atoms with E-state index in [1.54, 1.807) is 12.1 Å². The van der Waals surface area contributed by atoms with E-state index in [2.05, 4.69) is 10.00 Å². The van der Waals surface area contributed by atoms with Gasteiger partial charge < -0.3 is 9.64 Å². The molecule has 0 radical (unpaired) electrons. The summed E-state index contributed by atoms with van der Waals surface area (Å²) in [4.78, 5) is 16.6. The molecule has 2 aliphatic rings. The first-order valence-corrected chi connectivity index (χ1v) is 10.6. The molecule has 168 valence electrons. The number of aryl methyl sites for hydroxylation is 2. The highest BCUT2D eigenvalue weighted by Gasteiger charge is 2.30. The van der Waals surface area contributed by atoms with Gasteiger partial charge in [0.25, 0.3) is 0 Å². The highest BCUT2D eigenvalue weighted by Crippen LogP contribution is 2.30. The van der Waals surface area contributed by atoms with Gasteiger partial charge in [-0.1, -0.05) is 12.1 Å². The third-order valence-corrected chi connectivity index (χ3v) is 6.03. The lowest BCUT2D eigenvalue weighted by atomic mass is 10.0. The van der Waals surface area contributed by atoms with Gasteiger partial charge in [-0.2, -0.15) is 18.3 Å². The maximum atomic E-state index is 12.8. The Hall–Kier alpha value is -2.39. The van der Waals surface area contributed by atoms with Gasteiger partial charge in [-0.25, -0.2) is 0 Å². The molecule has 1 aromatic carbocycles. The zero-order valence-electron chi connectivity index (χ0n) is 17.6. The molecule has 1 aromatic heterocycles. The number of halogens is 3. The van der Waals surface area contributed by atoms with Crippen LogP contribution < -0.4 is 0 Å². The van der Waals surface area contributed by atoms with E-state index >= 15 is 0 Å². The molecule has 0 saturated carbocycles. The van der Waals surface area contributed by atoms with E-state index in [0.717, 1.165) is 41.9 Å². The van der Waals surface area contributed by atoms with Crippen molar-refractivity contribution >= 4 is 5.91 Å². The molecule has 0 aliphatic carbocycles. The number of carbonyl (C=O) groups is 1. The van der Waals surface area contributed by atoms with Gasteiger partial charge in [-0.05, 0) is 17.7 Å². The Morgan fingerprint density at radius 3 is 2.52 bits per heavy atom. The smallest absolute Gasteiger partial charge is 0.378 e. The Labute approximate surface area is 179 Å². The highest BCUT2D eigenvalue weighted by molar-refractivity contribution is 5.76. The van der Waals surface area contributed by atoms with Crippen LogP contribution in [0.25, 0.3) is 0 Å². The average molecular weight is 436 g/mol. The molecule has 31 heavy (non-hydrogen) atoms. The number of ether oxygens (including phenoxy) is 1. The zero-order valence-corrected chi connectivity index (χ0v) is 17.6. The zero-order chi connectivity index (χ0) is 22.0. The topological polar surface area (TPSA) is 50.6 Å². The van der Waals surface area contributed by atoms with Crippen LogP contribution in [0, 0.1) is 0 Å². The minimum Gasteiger partial charge on any atom is -0.378 e. The lowest BCUT2D eigenvalue weighted by Crippen LogP contribution is -2.40. The third kappa shape index (κ3) is 5.10. The first kappa shape index (κ1) is 21.8. The number of amides is 1. The maximum absolute atomic E-state index is 12.8. The second kappa shape index (κ2) is 9.00. The van der Waals surface area contributed by atoms with E-state index in [-0.39, 0.29) is 5.91 Å². The molecule has 4 rings (SSSR count). The van der Waals surface area contributed by atoms with Crippen LogP contribution in [0.15, 0.2) is 24.3 Å². The summed E-state index contributed by atoms with van der Waals surface area (Å²) in [7, 11) is 1.93. The van der Waals surface area contributed by atoms with Gasteiger partial charge in [0.15, 0.2) is 0 Å². The first-order valence-electron chi connectivity index (χ1n) is 10.6. The molecule has 6 nitrogen and oxygen atoms in total. The lowest BCUT2D eigenvalue weighted by molar-refractivity contribution is -0.137. The van der Waals surface area contributed by atoms with Crippen molar-refractivity contribution in [3.8, 4) is 0 Å². The highest BCUT2D eigenvalue weighted by atomic mass is 19.4. The van der Waals surface area contributed by atoms with Gasteiger partial charge >= 0.3 is 6.18 Å². The number of benzene rings is 1. The van der Waals surface area contributed by atoms with Crippen molar-refractivity contribution in [1.29, 1.82) is 0 Å². The second-order valence-corrected chi connectivity index (χ2v) is 8.14. The third-order valence-electron chi connectivity index (χ3n) is 6.03. The molecule has 0 unspecified atom stereocenters. The fourth-order valence-corrected chi connectivity index (χ4v) is 4.31. The molecule has 0 atom stereocenters. The molecule has 9 heteroatoms. The molecular formula is C22H27F3N4O2. The van der Waals surface area contributed by atoms with Gasteiger partial charge in [0.05, 0.1) is 24.5 Å². The minimum atomic E-state index is -4.32. The second-order valence-electron chi connectivity index (χ2n) is 8.14. The van der Waals surface area contributed by atoms with Crippen LogP contribution in [0.1, 0.15) is 34.5 Å². The van der Waals surface area contributed by atoms with E-state index < -0.39 is 11.7 Å². The van der Waals surface area contributed by atoms with Gasteiger partial charge in [-0.3, -0.25) is 14.4 Å². The molecule has 0 N–H and O–H groups in total. The number of hydrogen-bond donors (Lipinski definition) is 0. The van der Waals surface area contributed by atoms with Crippen molar-refractivity contribution in [2.24, 2.45) is 7.05 Å². The number of fused-ring (bicyclic) bond motifs is 1. The van der Waals surface area contributed by atoms with Crippen LogP contribution in [-0.4, -0.2) is 58.3 Å². The van der Waals surface area contributed by atoms with E-state index in [9.17, 15) is 18.0 Å². The predicted molar refractivity (Wildman–Crippen MR) is 108 cm³/mol. The van der Waals surface area contributed by atoms with Gasteiger partial charge in [0, 0.05) is 70.3 Å². The predicted octanol–water partition coefficient (Wildman–Crippen LogP) is 2.79. The molecule has 1 saturated heterocycles. The lowest BCUT2D eigenvalue weighted by Gasteiger charge is -2.28. The van der Waals surface area contributed by atoms with Crippen molar-refractivity contribution in [2.45, 2.75) is 38.5 Å². The standard InChI is InChI=1S/C22H27F3N4O2/c1-27-20-8-9-28(14-16-2-4-17(5-3-16)22(23,24)25)15-18(20)19(26-27)6-7-21(30)29-10-12-31-13-11-29/h2-5H,6-15H2,1H3. The molecule has 0 spiro atoms. The SMILES string of the molecule is Cn1nc(CCC(=O)N2CCOCC2)c2c1CCN(Cc1ccc(C(F)(F)F)cc1)C2. The molecule has 2 aliphatic heterocycles. The largest absolute Gasteiger partial charge is 0.416 e. The van der Waals surface area contributed by atoms with Crippen molar-refractivity contribution in [1.82, 2.24) is 19.6 Å². The van der Waals surface area contributed by atoms with Gasteiger partial charge in [-0.15, -0.1) is 0 Å². The van der Waals surface area contributed by atoms with Crippen molar-refractivity contribution in [3.63, 3.8) is 0 Å². The van der Waals surface area contributed by atoms with Crippen LogP contribution in [0.4, 0.5) is 13.2 Å². The first-order chi connectivity index (χ1) is 14.8. The minimum absolute atomic E-state index is 0.125. The number of carbonyl (C=O) groups excluding carboxylic acids is 1. The van der Waals surface area contributed by atoms with E-state index in [4.69, 9.17) is 4.74 Å². The number of hydrogen-bond acceptors (Lipinski definition) is 4. The number of aromatic nitrogens is 2. The van der Waals surface area contributed by atoms with Crippen LogP contribution >= 0.6 is 0 Å². The molecule has 2 aromatic rings. The van der Waals surface area contributed by atoms with Crippen LogP contribution in [0.5, 0.6) is 0 Å². The fourth-order valence-electron chi connectivity index (χ4n) is 4.31. The Balaban J connectivity index is 1.39. The number of alkyl halides is 3. The van der Waals surface area contributed by atoms with Gasteiger partial charge in [0.1, 0.15) is 0 Å². The van der Waals surface area contributed by atoms with Crippen LogP contribution in [0.2, 0.25) is 0 Å². The number of morpholine rings is 1. The van der Waals surface area contributed by atoms with Crippen molar-refractivity contribution < 1.29 is 22.7 Å². The normalized spacial score (nSPS) is 17.6. The van der Waals surface area contributed by atoms with Crippen molar-refractivity contribution in [2.75, 3.05) is 32.8 Å². The van der Waals surface area contributed by atoms with Crippen LogP contribution in [-0.2, 0) is 48.7 Å². The Bertz CT molecular complexity index is 918. The van der Waals surface area contributed by atoms with E-state index in [1.807, 2.05) is 16.6 Å². The quantitative estimate of drug-likeness (QED) is 0.724. The molecule has 0 bridgehead atoms. The van der Waals surface area contributed by atoms with Gasteiger partial charge in [0.2, 0.25) is 5.91 Å². The van der Waals surface area contributed by atoms with E-state index in [0.29, 0.717) is 52.2 Å². The molecular weight excluding hydrogens is 409 g/mol. The van der Waals surface area contributed by atoms with Crippen LogP contribution in [0.3, 0.4) is 0 Å². The summed E-state index contributed by atoms with van der Waals surface area (Å²) in [6.07, 6.45) is -2.48. The Morgan fingerprint density at radius 1 is 1.13 bits per heavy atom. The summed E-state index contributed by atoms with van der Waals surface area (Å²) >= 11 is 0. The van der Waals surface area contributed by atoms with E-state index in [1.165, 1.54) is 5.69 Å². The van der Waals surface area contributed by atoms with Crippen molar-refractivity contribution in [3.05, 3.63) is 52.3 Å². The summed E-state index contributed by atoms with van der Waals surface area (Å²) in [5.74, 6) is 0.125. The summed E-state index contributed by atoms with van der Waals surface area (Å²) in [6, 6.07) is 5.36. The number of nitrogens with zero attached hydrogens (tertiary/aromatic N) is 4. The maximum Gasteiger partial charge on any atom is 0.416 e. The summed E-state index contributed by atoms with van der Waals surface area (Å²) in [5, 5.41) is 4.66. The Morgan fingerprint density at radius 2 is 1.84 bits per heavy atom.